The smallest absolute Gasteiger partial charge is 0.266 e. The molecule has 2 amide bonds. The topological polar surface area (TPSA) is 76.7 Å². The highest BCUT2D eigenvalue weighted by Gasteiger charge is 2.29. The normalized spacial score (nSPS) is 15.6. The van der Waals surface area contributed by atoms with Gasteiger partial charge in [0, 0.05) is 6.54 Å². The molecule has 2 aromatic rings. The number of hydrogen-bond acceptors (Lipinski definition) is 4. The minimum atomic E-state index is -0.833. The fourth-order valence-corrected chi connectivity index (χ4v) is 2.62. The van der Waals surface area contributed by atoms with Gasteiger partial charge in [-0.2, -0.15) is 0 Å². The van der Waals surface area contributed by atoms with Crippen molar-refractivity contribution in [1.82, 2.24) is 5.32 Å². The van der Waals surface area contributed by atoms with Gasteiger partial charge in [-0.05, 0) is 42.3 Å². The van der Waals surface area contributed by atoms with Crippen molar-refractivity contribution in [2.45, 2.75) is 26.0 Å². The molecule has 0 saturated carbocycles. The highest BCUT2D eigenvalue weighted by molar-refractivity contribution is 6.00. The lowest BCUT2D eigenvalue weighted by molar-refractivity contribution is -0.130. The molecule has 3 rings (SSSR count). The SMILES string of the molecule is COc1cccc(CNC(=O)CC2Oc3ccc(C)cc3NC2=O)c1. The van der Waals surface area contributed by atoms with E-state index in [1.807, 2.05) is 43.3 Å². The van der Waals surface area contributed by atoms with E-state index in [0.717, 1.165) is 16.9 Å². The van der Waals surface area contributed by atoms with E-state index in [4.69, 9.17) is 9.47 Å². The summed E-state index contributed by atoms with van der Waals surface area (Å²) in [5.74, 6) is 0.748. The summed E-state index contributed by atoms with van der Waals surface area (Å²) in [6.45, 7) is 2.30. The van der Waals surface area contributed by atoms with Crippen LogP contribution in [0.2, 0.25) is 0 Å². The maximum atomic E-state index is 12.1. The van der Waals surface area contributed by atoms with Crippen LogP contribution >= 0.6 is 0 Å². The van der Waals surface area contributed by atoms with Crippen LogP contribution in [-0.4, -0.2) is 25.0 Å². The molecule has 0 aromatic heterocycles. The van der Waals surface area contributed by atoms with Crippen LogP contribution in [0.3, 0.4) is 0 Å². The molecular weight excluding hydrogens is 320 g/mol. The van der Waals surface area contributed by atoms with Gasteiger partial charge in [-0.15, -0.1) is 0 Å². The number of rotatable bonds is 5. The molecule has 6 heteroatoms. The Morgan fingerprint density at radius 2 is 2.12 bits per heavy atom. The quantitative estimate of drug-likeness (QED) is 0.876. The first-order valence-corrected chi connectivity index (χ1v) is 8.03. The summed E-state index contributed by atoms with van der Waals surface area (Å²) in [6.07, 6.45) is -0.871. The van der Waals surface area contributed by atoms with E-state index in [0.29, 0.717) is 18.0 Å². The Kier molecular flexibility index (Phi) is 4.88. The number of hydrogen-bond donors (Lipinski definition) is 2. The maximum absolute atomic E-state index is 12.1. The van der Waals surface area contributed by atoms with Crippen LogP contribution in [0.15, 0.2) is 42.5 Å². The number of carbonyl (C=O) groups is 2. The van der Waals surface area contributed by atoms with Crippen molar-refractivity contribution >= 4 is 17.5 Å². The first-order chi connectivity index (χ1) is 12.0. The van der Waals surface area contributed by atoms with Gasteiger partial charge in [-0.1, -0.05) is 18.2 Å². The number of fused-ring (bicyclic) bond motifs is 1. The number of anilines is 1. The molecule has 0 fully saturated rings. The Morgan fingerprint density at radius 1 is 1.28 bits per heavy atom. The molecule has 1 heterocycles. The van der Waals surface area contributed by atoms with Crippen molar-refractivity contribution in [1.29, 1.82) is 0 Å². The molecule has 1 aliphatic heterocycles. The van der Waals surface area contributed by atoms with Crippen molar-refractivity contribution < 1.29 is 19.1 Å². The number of amides is 2. The van der Waals surface area contributed by atoms with Gasteiger partial charge >= 0.3 is 0 Å². The van der Waals surface area contributed by atoms with E-state index < -0.39 is 6.10 Å². The van der Waals surface area contributed by atoms with E-state index >= 15 is 0 Å². The second-order valence-corrected chi connectivity index (χ2v) is 5.93. The van der Waals surface area contributed by atoms with Gasteiger partial charge in [-0.25, -0.2) is 0 Å². The van der Waals surface area contributed by atoms with E-state index in [1.54, 1.807) is 13.2 Å². The van der Waals surface area contributed by atoms with Crippen LogP contribution in [0, 0.1) is 6.92 Å². The monoisotopic (exact) mass is 340 g/mol. The van der Waals surface area contributed by atoms with Gasteiger partial charge in [0.2, 0.25) is 5.91 Å². The first kappa shape index (κ1) is 16.8. The number of carbonyl (C=O) groups excluding carboxylic acids is 2. The Hall–Kier alpha value is -3.02. The molecule has 0 aliphatic carbocycles. The predicted molar refractivity (Wildman–Crippen MR) is 93.7 cm³/mol. The molecule has 2 aromatic carbocycles. The van der Waals surface area contributed by atoms with Gasteiger partial charge in [0.1, 0.15) is 11.5 Å². The highest BCUT2D eigenvalue weighted by atomic mass is 16.5. The van der Waals surface area contributed by atoms with Crippen molar-refractivity contribution in [3.8, 4) is 11.5 Å². The lowest BCUT2D eigenvalue weighted by Gasteiger charge is -2.25. The van der Waals surface area contributed by atoms with Crippen LogP contribution < -0.4 is 20.1 Å². The number of nitrogens with one attached hydrogen (secondary N) is 2. The standard InChI is InChI=1S/C19H20N2O4/c1-12-6-7-16-15(8-12)21-19(23)17(25-16)10-18(22)20-11-13-4-3-5-14(9-13)24-2/h3-9,17H,10-11H2,1-2H3,(H,20,22)(H,21,23). The second-order valence-electron chi connectivity index (χ2n) is 5.93. The summed E-state index contributed by atoms with van der Waals surface area (Å²) in [6, 6.07) is 13.0. The summed E-state index contributed by atoms with van der Waals surface area (Å²) >= 11 is 0. The van der Waals surface area contributed by atoms with Gasteiger partial charge < -0.3 is 20.1 Å². The predicted octanol–water partition coefficient (Wildman–Crippen LogP) is 2.41. The van der Waals surface area contributed by atoms with Gasteiger partial charge in [0.25, 0.3) is 5.91 Å². The zero-order chi connectivity index (χ0) is 17.8. The Bertz CT molecular complexity index is 804. The Labute approximate surface area is 146 Å². The molecule has 1 atom stereocenters. The highest BCUT2D eigenvalue weighted by Crippen LogP contribution is 2.31. The molecule has 1 unspecified atom stereocenters. The molecule has 0 spiro atoms. The Morgan fingerprint density at radius 3 is 2.92 bits per heavy atom. The third-order valence-electron chi connectivity index (χ3n) is 3.95. The molecule has 1 aliphatic rings. The van der Waals surface area contributed by atoms with Gasteiger partial charge in [0.05, 0.1) is 19.2 Å². The Balaban J connectivity index is 1.57. The fourth-order valence-electron chi connectivity index (χ4n) is 2.62. The van der Waals surface area contributed by atoms with E-state index in [2.05, 4.69) is 10.6 Å². The van der Waals surface area contributed by atoms with Crippen LogP contribution in [0.25, 0.3) is 0 Å². The van der Waals surface area contributed by atoms with Crippen LogP contribution in [0.5, 0.6) is 11.5 Å². The fraction of sp³-hybridized carbons (Fsp3) is 0.263. The summed E-state index contributed by atoms with van der Waals surface area (Å²) in [7, 11) is 1.59. The zero-order valence-corrected chi connectivity index (χ0v) is 14.2. The van der Waals surface area contributed by atoms with Gasteiger partial charge in [-0.3, -0.25) is 9.59 Å². The third-order valence-corrected chi connectivity index (χ3v) is 3.95. The number of ether oxygens (including phenoxy) is 2. The minimum Gasteiger partial charge on any atom is -0.497 e. The van der Waals surface area contributed by atoms with Crippen LogP contribution in [0.1, 0.15) is 17.5 Å². The first-order valence-electron chi connectivity index (χ1n) is 8.03. The molecule has 130 valence electrons. The molecule has 6 nitrogen and oxygen atoms in total. The van der Waals surface area contributed by atoms with Crippen molar-refractivity contribution in [2.75, 3.05) is 12.4 Å². The molecule has 2 N–H and O–H groups in total. The van der Waals surface area contributed by atoms with Crippen LogP contribution in [-0.2, 0) is 16.1 Å². The average molecular weight is 340 g/mol. The van der Waals surface area contributed by atoms with E-state index in [1.165, 1.54) is 0 Å². The zero-order valence-electron chi connectivity index (χ0n) is 14.2. The molecule has 0 radical (unpaired) electrons. The lowest BCUT2D eigenvalue weighted by atomic mass is 10.1. The van der Waals surface area contributed by atoms with Crippen molar-refractivity contribution in [3.05, 3.63) is 53.6 Å². The molecule has 25 heavy (non-hydrogen) atoms. The number of benzene rings is 2. The summed E-state index contributed by atoms with van der Waals surface area (Å²) in [5.41, 5.74) is 2.58. The molecule has 0 bridgehead atoms. The summed E-state index contributed by atoms with van der Waals surface area (Å²) in [5, 5.41) is 5.58. The largest absolute Gasteiger partial charge is 0.497 e. The van der Waals surface area contributed by atoms with E-state index in [-0.39, 0.29) is 18.2 Å². The summed E-state index contributed by atoms with van der Waals surface area (Å²) < 4.78 is 10.8. The molecular formula is C19H20N2O4. The second kappa shape index (κ2) is 7.25. The van der Waals surface area contributed by atoms with Crippen molar-refractivity contribution in [2.24, 2.45) is 0 Å². The number of methoxy groups -OCH3 is 1. The van der Waals surface area contributed by atoms with E-state index in [9.17, 15) is 9.59 Å². The van der Waals surface area contributed by atoms with Crippen LogP contribution in [0.4, 0.5) is 5.69 Å². The third kappa shape index (κ3) is 4.09. The van der Waals surface area contributed by atoms with Gasteiger partial charge in [0.15, 0.2) is 6.10 Å². The number of aryl methyl sites for hydroxylation is 1. The molecule has 0 saturated heterocycles. The average Bonchev–Trinajstić information content (AvgIpc) is 2.61. The summed E-state index contributed by atoms with van der Waals surface area (Å²) in [4.78, 5) is 24.3. The minimum absolute atomic E-state index is 0.0386. The maximum Gasteiger partial charge on any atom is 0.266 e. The lowest BCUT2D eigenvalue weighted by Crippen LogP contribution is -2.40. The van der Waals surface area contributed by atoms with Crippen molar-refractivity contribution in [3.63, 3.8) is 0 Å².